The molecule has 0 amide bonds. The summed E-state index contributed by atoms with van der Waals surface area (Å²) in [5.74, 6) is 0.945. The highest BCUT2D eigenvalue weighted by atomic mass is 32.2. The maximum Gasteiger partial charge on any atom is 0.321 e. The zero-order valence-electron chi connectivity index (χ0n) is 19.7. The van der Waals surface area contributed by atoms with Crippen LogP contribution in [0, 0.1) is 6.92 Å². The summed E-state index contributed by atoms with van der Waals surface area (Å²) in [6, 6.07) is 15.4. The summed E-state index contributed by atoms with van der Waals surface area (Å²) < 4.78 is 43.9. The largest absolute Gasteiger partial charge is 0.494 e. The summed E-state index contributed by atoms with van der Waals surface area (Å²) in [5.41, 5.74) is 3.23. The summed E-state index contributed by atoms with van der Waals surface area (Å²) in [6.45, 7) is 4.41. The van der Waals surface area contributed by atoms with E-state index in [0.717, 1.165) is 28.0 Å². The van der Waals surface area contributed by atoms with Gasteiger partial charge in [-0.15, -0.1) is 0 Å². The van der Waals surface area contributed by atoms with E-state index in [4.69, 9.17) is 14.2 Å². The molecule has 0 atom stereocenters. The number of rotatable bonds is 9. The van der Waals surface area contributed by atoms with Crippen molar-refractivity contribution in [1.29, 1.82) is 0 Å². The van der Waals surface area contributed by atoms with Crippen molar-refractivity contribution in [1.82, 2.24) is 15.0 Å². The zero-order chi connectivity index (χ0) is 25.0. The van der Waals surface area contributed by atoms with E-state index in [1.807, 2.05) is 38.1 Å². The number of sulfonamides is 1. The molecule has 0 fully saturated rings. The van der Waals surface area contributed by atoms with E-state index in [0.29, 0.717) is 12.3 Å². The van der Waals surface area contributed by atoms with E-state index in [-0.39, 0.29) is 22.6 Å². The molecule has 35 heavy (non-hydrogen) atoms. The van der Waals surface area contributed by atoms with Crippen LogP contribution in [-0.2, 0) is 10.0 Å². The Kier molecular flexibility index (Phi) is 6.87. The SMILES string of the molecule is CCOc1ccc2nc(C)cc(Nc3ccc(S(=O)(=O)Nc4cc(OC)nc(OC)n4)cc3)c2c1. The van der Waals surface area contributed by atoms with Gasteiger partial charge < -0.3 is 19.5 Å². The van der Waals surface area contributed by atoms with Gasteiger partial charge in [-0.3, -0.25) is 9.71 Å². The Balaban J connectivity index is 1.59. The molecule has 0 bridgehead atoms. The van der Waals surface area contributed by atoms with Crippen LogP contribution in [0.25, 0.3) is 10.9 Å². The lowest BCUT2D eigenvalue weighted by molar-refractivity contribution is 0.340. The lowest BCUT2D eigenvalue weighted by atomic mass is 10.1. The minimum atomic E-state index is -3.91. The summed E-state index contributed by atoms with van der Waals surface area (Å²) in [5, 5.41) is 4.25. The zero-order valence-corrected chi connectivity index (χ0v) is 20.5. The van der Waals surface area contributed by atoms with Crippen molar-refractivity contribution < 1.29 is 22.6 Å². The van der Waals surface area contributed by atoms with E-state index in [9.17, 15) is 8.42 Å². The fourth-order valence-corrected chi connectivity index (χ4v) is 4.41. The van der Waals surface area contributed by atoms with E-state index >= 15 is 0 Å². The average molecular weight is 496 g/mol. The third kappa shape index (κ3) is 5.52. The van der Waals surface area contributed by atoms with E-state index in [1.165, 1.54) is 32.4 Å². The highest BCUT2D eigenvalue weighted by Gasteiger charge is 2.17. The Labute approximate surface area is 203 Å². The first-order chi connectivity index (χ1) is 16.8. The standard InChI is InChI=1S/C24H25N5O5S/c1-5-34-17-8-11-20-19(13-17)21(12-15(2)25-20)26-16-6-9-18(10-7-16)35(30,31)29-22-14-23(32-3)28-24(27-22)33-4/h6-14H,5H2,1-4H3,(H,25,26)(H,27,28,29). The van der Waals surface area contributed by atoms with Gasteiger partial charge in [0.05, 0.1) is 31.2 Å². The van der Waals surface area contributed by atoms with Crippen molar-refractivity contribution in [3.8, 4) is 17.6 Å². The van der Waals surface area contributed by atoms with Gasteiger partial charge in [-0.1, -0.05) is 0 Å². The lowest BCUT2D eigenvalue weighted by Crippen LogP contribution is -2.14. The van der Waals surface area contributed by atoms with Crippen molar-refractivity contribution in [3.63, 3.8) is 0 Å². The van der Waals surface area contributed by atoms with Crippen molar-refractivity contribution >= 4 is 38.1 Å². The molecular formula is C24H25N5O5S. The van der Waals surface area contributed by atoms with Crippen molar-refractivity contribution in [2.75, 3.05) is 30.9 Å². The van der Waals surface area contributed by atoms with E-state index < -0.39 is 10.0 Å². The molecule has 11 heteroatoms. The number of methoxy groups -OCH3 is 2. The van der Waals surface area contributed by atoms with Crippen LogP contribution in [-0.4, -0.2) is 44.2 Å². The van der Waals surface area contributed by atoms with Crippen LogP contribution in [0.2, 0.25) is 0 Å². The summed E-state index contributed by atoms with van der Waals surface area (Å²) >= 11 is 0. The Hall–Kier alpha value is -4.12. The van der Waals surface area contributed by atoms with E-state index in [1.54, 1.807) is 12.1 Å². The molecule has 2 aromatic heterocycles. The van der Waals surface area contributed by atoms with Gasteiger partial charge in [-0.25, -0.2) is 8.42 Å². The number of nitrogens with zero attached hydrogens (tertiary/aromatic N) is 3. The van der Waals surface area contributed by atoms with Gasteiger partial charge in [0.2, 0.25) is 5.88 Å². The number of hydrogen-bond donors (Lipinski definition) is 2. The van der Waals surface area contributed by atoms with Crippen LogP contribution in [0.5, 0.6) is 17.6 Å². The number of ether oxygens (including phenoxy) is 3. The highest BCUT2D eigenvalue weighted by molar-refractivity contribution is 7.92. The molecule has 2 heterocycles. The summed E-state index contributed by atoms with van der Waals surface area (Å²) in [7, 11) is -1.12. The van der Waals surface area contributed by atoms with Gasteiger partial charge in [-0.2, -0.15) is 9.97 Å². The smallest absolute Gasteiger partial charge is 0.321 e. The first-order valence-electron chi connectivity index (χ1n) is 10.7. The fraction of sp³-hybridized carbons (Fsp3) is 0.208. The number of benzene rings is 2. The molecule has 2 aromatic carbocycles. The molecule has 0 unspecified atom stereocenters. The Morgan fingerprint density at radius 3 is 2.37 bits per heavy atom. The minimum Gasteiger partial charge on any atom is -0.494 e. The molecule has 0 saturated heterocycles. The molecular weight excluding hydrogens is 470 g/mol. The van der Waals surface area contributed by atoms with Crippen LogP contribution in [0.15, 0.2) is 59.5 Å². The van der Waals surface area contributed by atoms with Crippen LogP contribution in [0.1, 0.15) is 12.6 Å². The highest BCUT2D eigenvalue weighted by Crippen LogP contribution is 2.30. The molecule has 10 nitrogen and oxygen atoms in total. The minimum absolute atomic E-state index is 0.0195. The number of aryl methyl sites for hydroxylation is 1. The fourth-order valence-electron chi connectivity index (χ4n) is 3.42. The molecule has 2 N–H and O–H groups in total. The molecule has 0 aliphatic carbocycles. The topological polar surface area (TPSA) is 125 Å². The van der Waals surface area contributed by atoms with Gasteiger partial charge in [0, 0.05) is 28.5 Å². The Morgan fingerprint density at radius 2 is 1.69 bits per heavy atom. The quantitative estimate of drug-likeness (QED) is 0.350. The predicted molar refractivity (Wildman–Crippen MR) is 133 cm³/mol. The third-order valence-corrected chi connectivity index (χ3v) is 6.35. The maximum absolute atomic E-state index is 12.9. The Bertz CT molecular complexity index is 1440. The normalized spacial score (nSPS) is 11.2. The van der Waals surface area contributed by atoms with Gasteiger partial charge in [0.15, 0.2) is 5.82 Å². The molecule has 182 valence electrons. The number of aromatic nitrogens is 3. The molecule has 0 radical (unpaired) electrons. The number of pyridine rings is 1. The van der Waals surface area contributed by atoms with E-state index in [2.05, 4.69) is 25.0 Å². The molecule has 0 saturated carbocycles. The lowest BCUT2D eigenvalue weighted by Gasteiger charge is -2.13. The van der Waals surface area contributed by atoms with Crippen LogP contribution in [0.4, 0.5) is 17.2 Å². The molecule has 4 aromatic rings. The number of nitrogens with one attached hydrogen (secondary N) is 2. The second kappa shape index (κ2) is 10.0. The van der Waals surface area contributed by atoms with Crippen LogP contribution >= 0.6 is 0 Å². The van der Waals surface area contributed by atoms with Gasteiger partial charge in [0.1, 0.15) is 5.75 Å². The molecule has 0 aliphatic rings. The number of anilines is 3. The van der Waals surface area contributed by atoms with Crippen LogP contribution in [0.3, 0.4) is 0 Å². The molecule has 0 spiro atoms. The Morgan fingerprint density at radius 1 is 0.914 bits per heavy atom. The average Bonchev–Trinajstić information content (AvgIpc) is 2.84. The summed E-state index contributed by atoms with van der Waals surface area (Å²) in [4.78, 5) is 12.6. The number of hydrogen-bond acceptors (Lipinski definition) is 9. The maximum atomic E-state index is 12.9. The van der Waals surface area contributed by atoms with Crippen molar-refractivity contribution in [3.05, 3.63) is 60.3 Å². The van der Waals surface area contributed by atoms with Gasteiger partial charge in [-0.05, 0) is 62.4 Å². The molecule has 4 rings (SSSR count). The monoisotopic (exact) mass is 495 g/mol. The first-order valence-corrected chi connectivity index (χ1v) is 12.2. The second-order valence-corrected chi connectivity index (χ2v) is 9.14. The van der Waals surface area contributed by atoms with Crippen molar-refractivity contribution in [2.45, 2.75) is 18.7 Å². The van der Waals surface area contributed by atoms with Gasteiger partial charge >= 0.3 is 6.01 Å². The predicted octanol–water partition coefficient (Wildman–Crippen LogP) is 4.29. The van der Waals surface area contributed by atoms with Crippen molar-refractivity contribution in [2.24, 2.45) is 0 Å². The first kappa shape index (κ1) is 24.0. The van der Waals surface area contributed by atoms with Gasteiger partial charge in [0.25, 0.3) is 10.0 Å². The number of fused-ring (bicyclic) bond motifs is 1. The molecule has 0 aliphatic heterocycles. The second-order valence-electron chi connectivity index (χ2n) is 7.46. The van der Waals surface area contributed by atoms with Crippen LogP contribution < -0.4 is 24.2 Å². The summed E-state index contributed by atoms with van der Waals surface area (Å²) in [6.07, 6.45) is 0. The third-order valence-electron chi connectivity index (χ3n) is 4.98.